The molecule has 0 radical (unpaired) electrons. The van der Waals surface area contributed by atoms with E-state index in [9.17, 15) is 0 Å². The lowest BCUT2D eigenvalue weighted by Crippen LogP contribution is -2.39. The van der Waals surface area contributed by atoms with Crippen molar-refractivity contribution in [2.75, 3.05) is 7.11 Å². The summed E-state index contributed by atoms with van der Waals surface area (Å²) in [7, 11) is 1.62. The molecule has 0 unspecified atom stereocenters. The molecule has 0 aliphatic heterocycles. The van der Waals surface area contributed by atoms with Crippen LogP contribution in [0.3, 0.4) is 0 Å². The SMILES string of the molecule is CO[n+]1ccc2scnc2c1. The topological polar surface area (TPSA) is 26.0 Å². The molecule has 2 aromatic heterocycles. The van der Waals surface area contributed by atoms with Crippen molar-refractivity contribution in [3.05, 3.63) is 24.0 Å². The molecule has 0 aromatic carbocycles. The van der Waals surface area contributed by atoms with E-state index in [-0.39, 0.29) is 0 Å². The lowest BCUT2D eigenvalue weighted by atomic mass is 10.5. The molecule has 0 aliphatic carbocycles. The van der Waals surface area contributed by atoms with Crippen molar-refractivity contribution in [1.29, 1.82) is 0 Å². The van der Waals surface area contributed by atoms with E-state index in [0.717, 1.165) is 5.52 Å². The summed E-state index contributed by atoms with van der Waals surface area (Å²) in [5.74, 6) is 0. The van der Waals surface area contributed by atoms with Gasteiger partial charge in [-0.1, -0.05) is 0 Å². The van der Waals surface area contributed by atoms with E-state index in [4.69, 9.17) is 4.84 Å². The minimum absolute atomic E-state index is 0.972. The van der Waals surface area contributed by atoms with Gasteiger partial charge in [0.25, 0.3) is 0 Å². The van der Waals surface area contributed by atoms with Crippen LogP contribution in [0, 0.1) is 0 Å². The molecular weight excluding hydrogens is 160 g/mol. The van der Waals surface area contributed by atoms with Gasteiger partial charge in [-0.05, 0) is 0 Å². The normalized spacial score (nSPS) is 10.3. The first-order chi connectivity index (χ1) is 5.40. The van der Waals surface area contributed by atoms with Gasteiger partial charge >= 0.3 is 0 Å². The molecule has 0 N–H and O–H groups in total. The molecule has 0 bridgehead atoms. The summed E-state index contributed by atoms with van der Waals surface area (Å²) < 4.78 is 2.81. The molecule has 2 heterocycles. The van der Waals surface area contributed by atoms with E-state index in [1.165, 1.54) is 4.70 Å². The summed E-state index contributed by atoms with van der Waals surface area (Å²) in [5.41, 5.74) is 2.80. The fraction of sp³-hybridized carbons (Fsp3) is 0.143. The van der Waals surface area contributed by atoms with Crippen LogP contribution in [0.5, 0.6) is 0 Å². The van der Waals surface area contributed by atoms with Gasteiger partial charge in [-0.3, -0.25) is 4.84 Å². The average molecular weight is 167 g/mol. The largest absolute Gasteiger partial charge is 0.275 e. The highest BCUT2D eigenvalue weighted by molar-refractivity contribution is 7.16. The standard InChI is InChI=1S/C7H7N2OS/c1-10-9-3-2-7-6(4-9)8-5-11-7/h2-5H,1H3/q+1. The zero-order chi connectivity index (χ0) is 7.68. The third-order valence-electron chi connectivity index (χ3n) is 1.46. The molecular formula is C7H7N2OS+. The number of rotatable bonds is 1. The van der Waals surface area contributed by atoms with Gasteiger partial charge in [0.05, 0.1) is 10.2 Å². The van der Waals surface area contributed by atoms with Crippen molar-refractivity contribution in [3.8, 4) is 0 Å². The fourth-order valence-electron chi connectivity index (χ4n) is 0.904. The lowest BCUT2D eigenvalue weighted by molar-refractivity contribution is -0.884. The molecule has 0 aliphatic rings. The van der Waals surface area contributed by atoms with Gasteiger partial charge in [-0.2, -0.15) is 0 Å². The lowest BCUT2D eigenvalue weighted by Gasteiger charge is -1.87. The van der Waals surface area contributed by atoms with Gasteiger partial charge < -0.3 is 0 Å². The maximum atomic E-state index is 4.97. The third-order valence-corrected chi connectivity index (χ3v) is 2.27. The van der Waals surface area contributed by atoms with Crippen LogP contribution in [-0.2, 0) is 0 Å². The van der Waals surface area contributed by atoms with Crippen molar-refractivity contribution >= 4 is 21.6 Å². The summed E-state index contributed by atoms with van der Waals surface area (Å²) >= 11 is 1.63. The van der Waals surface area contributed by atoms with Crippen LogP contribution in [0.4, 0.5) is 0 Å². The first kappa shape index (κ1) is 6.54. The second-order valence-corrected chi connectivity index (χ2v) is 2.98. The van der Waals surface area contributed by atoms with Crippen LogP contribution in [0.15, 0.2) is 24.0 Å². The number of pyridine rings is 1. The molecule has 4 heteroatoms. The Kier molecular flexibility index (Phi) is 1.47. The minimum Gasteiger partial charge on any atom is -0.275 e. The van der Waals surface area contributed by atoms with Crippen LogP contribution >= 0.6 is 11.3 Å². The van der Waals surface area contributed by atoms with E-state index in [0.29, 0.717) is 0 Å². The molecule has 0 fully saturated rings. The summed E-state index contributed by atoms with van der Waals surface area (Å²) in [4.78, 5) is 9.12. The van der Waals surface area contributed by atoms with Crippen LogP contribution in [0.2, 0.25) is 0 Å². The fourth-order valence-corrected chi connectivity index (χ4v) is 1.55. The molecule has 0 atom stereocenters. The summed E-state index contributed by atoms with van der Waals surface area (Å²) in [6.07, 6.45) is 3.71. The predicted octanol–water partition coefficient (Wildman–Crippen LogP) is 0.642. The monoisotopic (exact) mass is 167 g/mol. The Morgan fingerprint density at radius 3 is 3.36 bits per heavy atom. The Morgan fingerprint density at radius 2 is 2.55 bits per heavy atom. The Balaban J connectivity index is 2.67. The Hall–Kier alpha value is -1.16. The molecule has 2 aromatic rings. The van der Waals surface area contributed by atoms with Crippen LogP contribution in [-0.4, -0.2) is 12.1 Å². The molecule has 56 valence electrons. The zero-order valence-electron chi connectivity index (χ0n) is 6.02. The number of hydrogen-bond acceptors (Lipinski definition) is 3. The van der Waals surface area contributed by atoms with Crippen LogP contribution in [0.25, 0.3) is 10.2 Å². The highest BCUT2D eigenvalue weighted by Gasteiger charge is 2.03. The number of thiazole rings is 1. The van der Waals surface area contributed by atoms with Crippen LogP contribution < -0.4 is 9.57 Å². The second kappa shape index (κ2) is 2.47. The first-order valence-corrected chi connectivity index (χ1v) is 4.07. The molecule has 2 rings (SSSR count). The van der Waals surface area contributed by atoms with E-state index >= 15 is 0 Å². The van der Waals surface area contributed by atoms with E-state index < -0.39 is 0 Å². The van der Waals surface area contributed by atoms with E-state index in [2.05, 4.69) is 4.98 Å². The molecule has 3 nitrogen and oxygen atoms in total. The highest BCUT2D eigenvalue weighted by atomic mass is 32.1. The smallest absolute Gasteiger partial charge is 0.249 e. The summed E-state index contributed by atoms with van der Waals surface area (Å²) in [6, 6.07) is 1.98. The van der Waals surface area contributed by atoms with Crippen molar-refractivity contribution in [1.82, 2.24) is 4.98 Å². The molecule has 0 amide bonds. The second-order valence-electron chi connectivity index (χ2n) is 2.09. The summed E-state index contributed by atoms with van der Waals surface area (Å²) in [5, 5.41) is 0. The quantitative estimate of drug-likeness (QED) is 0.583. The van der Waals surface area contributed by atoms with Gasteiger partial charge in [-0.15, -0.1) is 11.3 Å². The Labute approximate surface area is 67.8 Å². The molecule has 0 spiro atoms. The van der Waals surface area contributed by atoms with Crippen molar-refractivity contribution in [2.24, 2.45) is 0 Å². The van der Waals surface area contributed by atoms with Gasteiger partial charge in [0.1, 0.15) is 12.6 Å². The predicted molar refractivity (Wildman–Crippen MR) is 42.3 cm³/mol. The maximum absolute atomic E-state index is 4.97. The zero-order valence-corrected chi connectivity index (χ0v) is 6.84. The molecule has 0 saturated carbocycles. The highest BCUT2D eigenvalue weighted by Crippen LogP contribution is 2.13. The van der Waals surface area contributed by atoms with Gasteiger partial charge in [0.2, 0.25) is 12.4 Å². The van der Waals surface area contributed by atoms with Crippen LogP contribution in [0.1, 0.15) is 0 Å². The van der Waals surface area contributed by atoms with E-state index in [1.807, 2.05) is 24.0 Å². The van der Waals surface area contributed by atoms with E-state index in [1.54, 1.807) is 23.2 Å². The third kappa shape index (κ3) is 1.05. The maximum Gasteiger partial charge on any atom is 0.249 e. The number of hydrogen-bond donors (Lipinski definition) is 0. The molecule has 0 saturated heterocycles. The number of aromatic nitrogens is 2. The average Bonchev–Trinajstić information content (AvgIpc) is 2.50. The Morgan fingerprint density at radius 1 is 1.64 bits per heavy atom. The van der Waals surface area contributed by atoms with Gasteiger partial charge in [0, 0.05) is 10.8 Å². The van der Waals surface area contributed by atoms with Crippen molar-refractivity contribution in [3.63, 3.8) is 0 Å². The Bertz CT molecular complexity index is 371. The van der Waals surface area contributed by atoms with Gasteiger partial charge in [0.15, 0.2) is 0 Å². The van der Waals surface area contributed by atoms with Crippen molar-refractivity contribution in [2.45, 2.75) is 0 Å². The minimum atomic E-state index is 0.972. The first-order valence-electron chi connectivity index (χ1n) is 3.19. The number of fused-ring (bicyclic) bond motifs is 1. The molecule has 11 heavy (non-hydrogen) atoms. The number of nitrogens with zero attached hydrogens (tertiary/aromatic N) is 2. The summed E-state index contributed by atoms with van der Waals surface area (Å²) in [6.45, 7) is 0. The van der Waals surface area contributed by atoms with Crippen molar-refractivity contribution < 1.29 is 9.57 Å². The van der Waals surface area contributed by atoms with Gasteiger partial charge in [-0.25, -0.2) is 4.98 Å².